The minimum Gasteiger partial charge on any atom is -0.457 e. The summed E-state index contributed by atoms with van der Waals surface area (Å²) < 4.78 is 45.7. The van der Waals surface area contributed by atoms with Gasteiger partial charge in [0.2, 0.25) is 5.91 Å². The first-order chi connectivity index (χ1) is 15.1. The molecular weight excluding hydrogens is 428 g/mol. The van der Waals surface area contributed by atoms with Crippen molar-refractivity contribution < 1.29 is 37.4 Å². The van der Waals surface area contributed by atoms with E-state index in [-0.39, 0.29) is 50.1 Å². The first kappa shape index (κ1) is 23.7. The second-order valence-corrected chi connectivity index (χ2v) is 8.01. The van der Waals surface area contributed by atoms with E-state index < -0.39 is 35.4 Å². The highest BCUT2D eigenvalue weighted by Crippen LogP contribution is 2.35. The van der Waals surface area contributed by atoms with Crippen molar-refractivity contribution in [2.45, 2.75) is 38.4 Å². The maximum Gasteiger partial charge on any atom is 0.414 e. The molecule has 0 spiro atoms. The Morgan fingerprint density at radius 1 is 1.22 bits per heavy atom. The van der Waals surface area contributed by atoms with Crippen LogP contribution >= 0.6 is 0 Å². The summed E-state index contributed by atoms with van der Waals surface area (Å²) in [6, 6.07) is 2.17. The zero-order valence-corrected chi connectivity index (χ0v) is 18.3. The summed E-state index contributed by atoms with van der Waals surface area (Å²) in [7, 11) is 1.50. The van der Waals surface area contributed by atoms with Gasteiger partial charge in [-0.25, -0.2) is 13.6 Å². The first-order valence-electron chi connectivity index (χ1n) is 10.3. The van der Waals surface area contributed by atoms with E-state index in [1.807, 2.05) is 0 Å². The molecule has 1 N–H and O–H groups in total. The molecule has 2 aliphatic rings. The lowest BCUT2D eigenvalue weighted by Gasteiger charge is -2.41. The largest absolute Gasteiger partial charge is 0.457 e. The third-order valence-corrected chi connectivity index (χ3v) is 5.52. The van der Waals surface area contributed by atoms with E-state index in [4.69, 9.17) is 14.2 Å². The SMILES string of the molecule is COCC1(OC(C)=O)CCN(c2c(F)cc(N3C[C@H](CNC(C)=O)OC3=O)cc2F)CC1. The molecule has 32 heavy (non-hydrogen) atoms. The molecule has 0 unspecified atom stereocenters. The number of piperidine rings is 1. The summed E-state index contributed by atoms with van der Waals surface area (Å²) in [5.74, 6) is -2.34. The van der Waals surface area contributed by atoms with Crippen LogP contribution in [-0.4, -0.2) is 69.6 Å². The number of amides is 2. The average Bonchev–Trinajstić information content (AvgIpc) is 3.08. The molecule has 1 atom stereocenters. The van der Waals surface area contributed by atoms with Crippen molar-refractivity contribution in [2.24, 2.45) is 0 Å². The molecule has 1 aromatic rings. The number of esters is 1. The number of ether oxygens (including phenoxy) is 3. The molecule has 2 saturated heterocycles. The highest BCUT2D eigenvalue weighted by atomic mass is 19.1. The number of benzene rings is 1. The smallest absolute Gasteiger partial charge is 0.414 e. The van der Waals surface area contributed by atoms with E-state index in [0.29, 0.717) is 12.8 Å². The van der Waals surface area contributed by atoms with Gasteiger partial charge in [0.25, 0.3) is 0 Å². The van der Waals surface area contributed by atoms with Crippen LogP contribution < -0.4 is 15.1 Å². The molecule has 0 radical (unpaired) electrons. The van der Waals surface area contributed by atoms with Crippen LogP contribution in [0.2, 0.25) is 0 Å². The number of hydrogen-bond donors (Lipinski definition) is 1. The fraction of sp³-hybridized carbons (Fsp3) is 0.571. The molecule has 0 bridgehead atoms. The number of nitrogens with one attached hydrogen (secondary N) is 1. The van der Waals surface area contributed by atoms with Gasteiger partial charge in [0.05, 0.1) is 25.4 Å². The van der Waals surface area contributed by atoms with Crippen LogP contribution in [0.1, 0.15) is 26.7 Å². The maximum atomic E-state index is 15.0. The van der Waals surface area contributed by atoms with E-state index in [2.05, 4.69) is 5.32 Å². The Balaban J connectivity index is 1.72. The molecule has 9 nitrogen and oxygen atoms in total. The summed E-state index contributed by atoms with van der Waals surface area (Å²) in [4.78, 5) is 37.3. The Hall–Kier alpha value is -2.95. The Kier molecular flexibility index (Phi) is 7.17. The Morgan fingerprint density at radius 3 is 2.38 bits per heavy atom. The number of cyclic esters (lactones) is 1. The number of anilines is 2. The molecule has 0 aromatic heterocycles. The first-order valence-corrected chi connectivity index (χ1v) is 10.3. The fourth-order valence-electron chi connectivity index (χ4n) is 4.09. The highest BCUT2D eigenvalue weighted by Gasteiger charge is 2.39. The van der Waals surface area contributed by atoms with Gasteiger partial charge in [-0.1, -0.05) is 0 Å². The number of methoxy groups -OCH3 is 1. The van der Waals surface area contributed by atoms with Gasteiger partial charge in [-0.3, -0.25) is 14.5 Å². The molecular formula is C21H27F2N3O6. The Bertz CT molecular complexity index is 865. The fourth-order valence-corrected chi connectivity index (χ4v) is 4.09. The predicted octanol–water partition coefficient (Wildman–Crippen LogP) is 1.97. The van der Waals surface area contributed by atoms with Crippen molar-refractivity contribution >= 4 is 29.3 Å². The van der Waals surface area contributed by atoms with Crippen molar-refractivity contribution in [2.75, 3.05) is 49.7 Å². The average molecular weight is 455 g/mol. The molecule has 0 aliphatic carbocycles. The van der Waals surface area contributed by atoms with Gasteiger partial charge in [-0.2, -0.15) is 0 Å². The number of nitrogens with zero attached hydrogens (tertiary/aromatic N) is 2. The van der Waals surface area contributed by atoms with Gasteiger partial charge >= 0.3 is 12.1 Å². The molecule has 176 valence electrons. The van der Waals surface area contributed by atoms with E-state index in [0.717, 1.165) is 17.0 Å². The van der Waals surface area contributed by atoms with Crippen molar-refractivity contribution in [3.05, 3.63) is 23.8 Å². The third kappa shape index (κ3) is 5.26. The van der Waals surface area contributed by atoms with Gasteiger partial charge in [0.15, 0.2) is 11.6 Å². The summed E-state index contributed by atoms with van der Waals surface area (Å²) in [6.45, 7) is 3.53. The summed E-state index contributed by atoms with van der Waals surface area (Å²) >= 11 is 0. The summed E-state index contributed by atoms with van der Waals surface area (Å²) in [5.41, 5.74) is -0.999. The number of hydrogen-bond acceptors (Lipinski definition) is 7. The molecule has 3 rings (SSSR count). The van der Waals surface area contributed by atoms with Crippen molar-refractivity contribution in [1.29, 1.82) is 0 Å². The van der Waals surface area contributed by atoms with Crippen LogP contribution in [0.15, 0.2) is 12.1 Å². The lowest BCUT2D eigenvalue weighted by Crippen LogP contribution is -2.50. The molecule has 11 heteroatoms. The van der Waals surface area contributed by atoms with E-state index >= 15 is 0 Å². The topological polar surface area (TPSA) is 97.4 Å². The lowest BCUT2D eigenvalue weighted by atomic mass is 9.91. The number of carbonyl (C=O) groups excluding carboxylic acids is 3. The van der Waals surface area contributed by atoms with Gasteiger partial charge in [-0.15, -0.1) is 0 Å². The summed E-state index contributed by atoms with van der Waals surface area (Å²) in [5, 5.41) is 2.54. The third-order valence-electron chi connectivity index (χ3n) is 5.52. The molecule has 2 amide bonds. The van der Waals surface area contributed by atoms with Crippen LogP contribution in [0.4, 0.5) is 25.0 Å². The second-order valence-electron chi connectivity index (χ2n) is 8.01. The van der Waals surface area contributed by atoms with E-state index in [1.54, 1.807) is 4.90 Å². The zero-order valence-electron chi connectivity index (χ0n) is 18.3. The van der Waals surface area contributed by atoms with Gasteiger partial charge in [0, 0.05) is 59.0 Å². The van der Waals surface area contributed by atoms with Crippen LogP contribution in [0.5, 0.6) is 0 Å². The molecule has 0 saturated carbocycles. The molecule has 2 heterocycles. The van der Waals surface area contributed by atoms with Crippen LogP contribution in [0, 0.1) is 11.6 Å². The van der Waals surface area contributed by atoms with E-state index in [9.17, 15) is 23.2 Å². The van der Waals surface area contributed by atoms with Crippen LogP contribution in [-0.2, 0) is 23.8 Å². The van der Waals surface area contributed by atoms with Gasteiger partial charge < -0.3 is 24.4 Å². The molecule has 2 fully saturated rings. The van der Waals surface area contributed by atoms with Gasteiger partial charge in [-0.05, 0) is 0 Å². The van der Waals surface area contributed by atoms with Crippen LogP contribution in [0.3, 0.4) is 0 Å². The number of carbonyl (C=O) groups is 3. The molecule has 1 aromatic carbocycles. The highest BCUT2D eigenvalue weighted by molar-refractivity contribution is 5.90. The van der Waals surface area contributed by atoms with Crippen LogP contribution in [0.25, 0.3) is 0 Å². The number of rotatable bonds is 7. The van der Waals surface area contributed by atoms with Crippen molar-refractivity contribution in [3.63, 3.8) is 0 Å². The second kappa shape index (κ2) is 9.68. The summed E-state index contributed by atoms with van der Waals surface area (Å²) in [6.07, 6.45) is -0.653. The maximum absolute atomic E-state index is 15.0. The quantitative estimate of drug-likeness (QED) is 0.628. The Morgan fingerprint density at radius 2 is 1.84 bits per heavy atom. The lowest BCUT2D eigenvalue weighted by molar-refractivity contribution is -0.165. The Labute approximate surface area is 184 Å². The standard InChI is InChI=1S/C21H27F2N3O6/c1-13(27)24-10-16-11-26(20(29)31-16)15-8-17(22)19(18(23)9-15)25-6-4-21(5-7-25,12-30-3)32-14(2)28/h8-9,16H,4-7,10-12H2,1-3H3,(H,24,27)/t16-/m0/s1. The number of halogens is 2. The van der Waals surface area contributed by atoms with Crippen molar-refractivity contribution in [3.8, 4) is 0 Å². The minimum absolute atomic E-state index is 0.0322. The monoisotopic (exact) mass is 455 g/mol. The molecule has 2 aliphatic heterocycles. The van der Waals surface area contributed by atoms with E-state index in [1.165, 1.54) is 21.0 Å². The van der Waals surface area contributed by atoms with Gasteiger partial charge in [0.1, 0.15) is 17.4 Å². The van der Waals surface area contributed by atoms with Crippen molar-refractivity contribution in [1.82, 2.24) is 5.32 Å². The predicted molar refractivity (Wildman–Crippen MR) is 110 cm³/mol. The minimum atomic E-state index is -0.827. The zero-order chi connectivity index (χ0) is 23.5. The normalized spacial score (nSPS) is 20.2.